The number of hydrogen-bond acceptors (Lipinski definition) is 3. The Balaban J connectivity index is 2.26. The van der Waals surface area contributed by atoms with Crippen LogP contribution < -0.4 is 4.90 Å². The highest BCUT2D eigenvalue weighted by Crippen LogP contribution is 2.26. The Hall–Kier alpha value is -1.29. The molecule has 1 fully saturated rings. The Kier molecular flexibility index (Phi) is 3.01. The molecular formula is C12H19N3O. The number of carbonyl (C=O) groups is 1. The molecule has 0 radical (unpaired) electrons. The molecule has 1 aliphatic rings. The summed E-state index contributed by atoms with van der Waals surface area (Å²) in [4.78, 5) is 15.6. The molecule has 1 saturated heterocycles. The van der Waals surface area contributed by atoms with Crippen molar-refractivity contribution >= 4 is 12.1 Å². The predicted molar refractivity (Wildman–Crippen MR) is 65.8 cm³/mol. The molecule has 1 aromatic heterocycles. The molecule has 4 heteroatoms. The van der Waals surface area contributed by atoms with Crippen molar-refractivity contribution < 1.29 is 4.79 Å². The fraction of sp³-hybridized carbons (Fsp3) is 0.583. The van der Waals surface area contributed by atoms with Crippen molar-refractivity contribution in [2.75, 3.05) is 38.1 Å². The van der Waals surface area contributed by atoms with Crippen LogP contribution in [-0.2, 0) is 4.79 Å². The van der Waals surface area contributed by atoms with Crippen LogP contribution in [0.2, 0.25) is 0 Å². The Morgan fingerprint density at radius 2 is 1.81 bits per heavy atom. The van der Waals surface area contributed by atoms with Crippen molar-refractivity contribution in [3.63, 3.8) is 0 Å². The summed E-state index contributed by atoms with van der Waals surface area (Å²) in [6.45, 7) is 8.34. The summed E-state index contributed by atoms with van der Waals surface area (Å²) in [5, 5.41) is 0. The molecular weight excluding hydrogens is 202 g/mol. The van der Waals surface area contributed by atoms with Gasteiger partial charge in [0.25, 0.3) is 0 Å². The first-order chi connectivity index (χ1) is 7.63. The summed E-state index contributed by atoms with van der Waals surface area (Å²) in [7, 11) is 2.15. The van der Waals surface area contributed by atoms with Crippen molar-refractivity contribution in [3.8, 4) is 0 Å². The SMILES string of the molecule is Cc1cn(C=O)c(C)c1N1CCN(C)CC1. The Morgan fingerprint density at radius 3 is 2.31 bits per heavy atom. The third-order valence-electron chi connectivity index (χ3n) is 3.37. The lowest BCUT2D eigenvalue weighted by Crippen LogP contribution is -2.44. The smallest absolute Gasteiger partial charge is 0.218 e. The molecule has 88 valence electrons. The zero-order chi connectivity index (χ0) is 11.7. The monoisotopic (exact) mass is 221 g/mol. The van der Waals surface area contributed by atoms with Crippen molar-refractivity contribution in [1.29, 1.82) is 0 Å². The highest BCUT2D eigenvalue weighted by molar-refractivity contribution is 5.66. The first-order valence-corrected chi connectivity index (χ1v) is 5.70. The molecule has 0 amide bonds. The minimum absolute atomic E-state index is 0.877. The van der Waals surface area contributed by atoms with Crippen LogP contribution in [0, 0.1) is 13.8 Å². The van der Waals surface area contributed by atoms with Crippen LogP contribution >= 0.6 is 0 Å². The van der Waals surface area contributed by atoms with Crippen molar-refractivity contribution in [2.45, 2.75) is 13.8 Å². The van der Waals surface area contributed by atoms with Gasteiger partial charge in [-0.1, -0.05) is 0 Å². The second kappa shape index (κ2) is 4.29. The summed E-state index contributed by atoms with van der Waals surface area (Å²) in [6.07, 6.45) is 2.79. The summed E-state index contributed by atoms with van der Waals surface area (Å²) >= 11 is 0. The Bertz CT molecular complexity index is 389. The molecule has 0 unspecified atom stereocenters. The van der Waals surface area contributed by atoms with Gasteiger partial charge in [-0.3, -0.25) is 9.36 Å². The average molecular weight is 221 g/mol. The first-order valence-electron chi connectivity index (χ1n) is 5.70. The number of likely N-dealkylation sites (N-methyl/N-ethyl adjacent to an activating group) is 1. The summed E-state index contributed by atoms with van der Waals surface area (Å²) in [5.41, 5.74) is 3.48. The van der Waals surface area contributed by atoms with Gasteiger partial charge in [0.1, 0.15) is 0 Å². The molecule has 0 aromatic carbocycles. The maximum absolute atomic E-state index is 10.9. The zero-order valence-electron chi connectivity index (χ0n) is 10.2. The molecule has 0 spiro atoms. The van der Waals surface area contributed by atoms with E-state index in [2.05, 4.69) is 23.8 Å². The van der Waals surface area contributed by atoms with E-state index in [4.69, 9.17) is 0 Å². The van der Waals surface area contributed by atoms with Crippen LogP contribution in [0.25, 0.3) is 0 Å². The normalized spacial score (nSPS) is 17.8. The van der Waals surface area contributed by atoms with Gasteiger partial charge in [0.05, 0.1) is 5.69 Å². The van der Waals surface area contributed by atoms with Crippen LogP contribution in [0.3, 0.4) is 0 Å². The van der Waals surface area contributed by atoms with Gasteiger partial charge in [-0.25, -0.2) is 0 Å². The van der Waals surface area contributed by atoms with E-state index in [-0.39, 0.29) is 0 Å². The molecule has 16 heavy (non-hydrogen) atoms. The van der Waals surface area contributed by atoms with Gasteiger partial charge in [-0.05, 0) is 26.5 Å². The van der Waals surface area contributed by atoms with Crippen LogP contribution in [0.15, 0.2) is 6.20 Å². The average Bonchev–Trinajstić information content (AvgIpc) is 2.56. The van der Waals surface area contributed by atoms with E-state index in [0.717, 1.165) is 38.3 Å². The van der Waals surface area contributed by atoms with Crippen molar-refractivity contribution in [1.82, 2.24) is 9.47 Å². The molecule has 0 saturated carbocycles. The van der Waals surface area contributed by atoms with E-state index in [9.17, 15) is 4.79 Å². The quantitative estimate of drug-likeness (QED) is 0.695. The minimum atomic E-state index is 0.877. The largest absolute Gasteiger partial charge is 0.367 e. The maximum Gasteiger partial charge on any atom is 0.218 e. The number of aryl methyl sites for hydroxylation is 1. The van der Waals surface area contributed by atoms with E-state index in [1.165, 1.54) is 11.3 Å². The van der Waals surface area contributed by atoms with E-state index >= 15 is 0 Å². The fourth-order valence-corrected chi connectivity index (χ4v) is 2.39. The number of piperazine rings is 1. The van der Waals surface area contributed by atoms with Crippen molar-refractivity contribution in [2.24, 2.45) is 0 Å². The van der Waals surface area contributed by atoms with Gasteiger partial charge >= 0.3 is 0 Å². The van der Waals surface area contributed by atoms with E-state index in [1.54, 1.807) is 4.57 Å². The van der Waals surface area contributed by atoms with Crippen LogP contribution in [0.1, 0.15) is 11.3 Å². The van der Waals surface area contributed by atoms with Crippen LogP contribution in [-0.4, -0.2) is 49.1 Å². The molecule has 0 bridgehead atoms. The topological polar surface area (TPSA) is 28.5 Å². The lowest BCUT2D eigenvalue weighted by Gasteiger charge is -2.34. The van der Waals surface area contributed by atoms with Crippen LogP contribution in [0.4, 0.5) is 5.69 Å². The lowest BCUT2D eigenvalue weighted by molar-refractivity contribution is 0.312. The van der Waals surface area contributed by atoms with E-state index in [0.29, 0.717) is 0 Å². The Morgan fingerprint density at radius 1 is 1.19 bits per heavy atom. The molecule has 2 heterocycles. The van der Waals surface area contributed by atoms with E-state index in [1.807, 2.05) is 13.1 Å². The molecule has 1 aliphatic heterocycles. The maximum atomic E-state index is 10.9. The van der Waals surface area contributed by atoms with Gasteiger partial charge in [-0.15, -0.1) is 0 Å². The van der Waals surface area contributed by atoms with E-state index < -0.39 is 0 Å². The first kappa shape index (κ1) is 11.2. The lowest BCUT2D eigenvalue weighted by atomic mass is 10.2. The molecule has 1 aromatic rings. The second-order valence-corrected chi connectivity index (χ2v) is 4.55. The summed E-state index contributed by atoms with van der Waals surface area (Å²) < 4.78 is 1.67. The Labute approximate surface area is 96.4 Å². The zero-order valence-corrected chi connectivity index (χ0v) is 10.2. The number of aromatic nitrogens is 1. The van der Waals surface area contributed by atoms with Crippen molar-refractivity contribution in [3.05, 3.63) is 17.5 Å². The second-order valence-electron chi connectivity index (χ2n) is 4.55. The van der Waals surface area contributed by atoms with Gasteiger partial charge < -0.3 is 9.80 Å². The molecule has 0 atom stereocenters. The summed E-state index contributed by atoms with van der Waals surface area (Å²) in [6, 6.07) is 0. The number of rotatable bonds is 2. The van der Waals surface area contributed by atoms with Gasteiger partial charge in [0.15, 0.2) is 0 Å². The minimum Gasteiger partial charge on any atom is -0.367 e. The number of anilines is 1. The summed E-state index contributed by atoms with van der Waals surface area (Å²) in [5.74, 6) is 0. The third-order valence-corrected chi connectivity index (χ3v) is 3.37. The highest BCUT2D eigenvalue weighted by Gasteiger charge is 2.19. The molecule has 2 rings (SSSR count). The fourth-order valence-electron chi connectivity index (χ4n) is 2.39. The standard InChI is InChI=1S/C12H19N3O/c1-10-8-15(9-16)11(2)12(10)14-6-4-13(3)5-7-14/h8-9H,4-7H2,1-3H3. The molecule has 0 N–H and O–H groups in total. The van der Waals surface area contributed by atoms with Gasteiger partial charge in [0.2, 0.25) is 6.41 Å². The predicted octanol–water partition coefficient (Wildman–Crippen LogP) is 0.895. The highest BCUT2D eigenvalue weighted by atomic mass is 16.1. The molecule has 4 nitrogen and oxygen atoms in total. The van der Waals surface area contributed by atoms with Gasteiger partial charge in [0, 0.05) is 38.1 Å². The number of carbonyl (C=O) groups excluding carboxylic acids is 1. The number of nitrogens with zero attached hydrogens (tertiary/aromatic N) is 3. The van der Waals surface area contributed by atoms with Crippen LogP contribution in [0.5, 0.6) is 0 Å². The molecule has 0 aliphatic carbocycles. The third kappa shape index (κ3) is 1.85. The number of hydrogen-bond donors (Lipinski definition) is 0. The van der Waals surface area contributed by atoms with Gasteiger partial charge in [-0.2, -0.15) is 0 Å².